The van der Waals surface area contributed by atoms with Gasteiger partial charge in [0.15, 0.2) is 17.3 Å². The van der Waals surface area contributed by atoms with Crippen molar-refractivity contribution in [3.8, 4) is 16.3 Å². The minimum Gasteiger partial charge on any atom is -0.494 e. The Morgan fingerprint density at radius 1 is 1.09 bits per heavy atom. The van der Waals surface area contributed by atoms with E-state index in [1.165, 1.54) is 24.5 Å². The van der Waals surface area contributed by atoms with E-state index in [-0.39, 0.29) is 47.1 Å². The molecule has 1 saturated heterocycles. The summed E-state index contributed by atoms with van der Waals surface area (Å²) >= 11 is 1.24. The van der Waals surface area contributed by atoms with E-state index in [4.69, 9.17) is 33.0 Å². The van der Waals surface area contributed by atoms with Gasteiger partial charge in [0.25, 0.3) is 11.8 Å². The number of amides is 3. The minimum atomic E-state index is -2.01. The second-order valence-corrected chi connectivity index (χ2v) is 11.7. The molecule has 3 heterocycles. The van der Waals surface area contributed by atoms with Gasteiger partial charge in [-0.2, -0.15) is 0 Å². The van der Waals surface area contributed by atoms with Gasteiger partial charge in [0, 0.05) is 25.1 Å². The maximum atomic E-state index is 13.2. The zero-order valence-electron chi connectivity index (χ0n) is 23.9. The van der Waals surface area contributed by atoms with Crippen LogP contribution in [-0.2, 0) is 9.53 Å². The van der Waals surface area contributed by atoms with Gasteiger partial charge in [0.1, 0.15) is 9.88 Å². The molecule has 12 nitrogen and oxygen atoms in total. The number of methoxy groups -OCH3 is 1. The second-order valence-electron chi connectivity index (χ2n) is 10.7. The van der Waals surface area contributed by atoms with E-state index in [1.807, 2.05) is 13.8 Å². The third kappa shape index (κ3) is 7.36. The average Bonchev–Trinajstić information content (AvgIpc) is 3.68. The summed E-state index contributed by atoms with van der Waals surface area (Å²) in [5.74, 6) is -0.642. The fourth-order valence-electron chi connectivity index (χ4n) is 4.71. The van der Waals surface area contributed by atoms with Gasteiger partial charge in [0.2, 0.25) is 5.91 Å². The highest BCUT2D eigenvalue weighted by Gasteiger charge is 2.31. The normalized spacial score (nSPS) is 18.5. The van der Waals surface area contributed by atoms with Crippen molar-refractivity contribution in [2.24, 2.45) is 5.92 Å². The first-order valence-electron chi connectivity index (χ1n) is 13.6. The van der Waals surface area contributed by atoms with Crippen LogP contribution in [0.1, 0.15) is 46.8 Å². The number of para-hydroxylation sites is 1. The summed E-state index contributed by atoms with van der Waals surface area (Å²) < 4.78 is 11.5. The van der Waals surface area contributed by atoms with Gasteiger partial charge in [0.05, 0.1) is 66.0 Å². The van der Waals surface area contributed by atoms with Crippen molar-refractivity contribution < 1.29 is 23.9 Å². The Morgan fingerprint density at radius 2 is 1.81 bits per heavy atom. The Kier molecular flexibility index (Phi) is 8.79. The van der Waals surface area contributed by atoms with Crippen molar-refractivity contribution in [3.05, 3.63) is 41.0 Å². The number of anilines is 3. The lowest BCUT2D eigenvalue weighted by molar-refractivity contribution is -0.117. The molecule has 0 spiro atoms. The zero-order valence-corrected chi connectivity index (χ0v) is 24.7. The van der Waals surface area contributed by atoms with E-state index < -0.39 is 11.1 Å². The molecule has 1 aliphatic carbocycles. The summed E-state index contributed by atoms with van der Waals surface area (Å²) in [7, 11) is 18.2. The van der Waals surface area contributed by atoms with Crippen molar-refractivity contribution in [2.75, 3.05) is 30.8 Å². The molecule has 1 aromatic carbocycles. The number of hydrogen-bond donors (Lipinski definition) is 3. The molecule has 3 amide bonds. The predicted molar refractivity (Wildman–Crippen MR) is 164 cm³/mol. The number of nitrogens with zero attached hydrogens (tertiary/aromatic N) is 4. The van der Waals surface area contributed by atoms with Crippen LogP contribution in [0.4, 0.5) is 17.2 Å². The highest BCUT2D eigenvalue weighted by atomic mass is 32.1. The molecule has 43 heavy (non-hydrogen) atoms. The van der Waals surface area contributed by atoms with Crippen LogP contribution < -0.4 is 20.7 Å². The second kappa shape index (κ2) is 12.4. The summed E-state index contributed by atoms with van der Waals surface area (Å²) in [6.07, 6.45) is 3.03. The Balaban J connectivity index is 1.45. The summed E-state index contributed by atoms with van der Waals surface area (Å²) in [6, 6.07) is 6.76. The minimum absolute atomic E-state index is 0.0592. The number of rotatable bonds is 9. The molecule has 3 aromatic rings. The standard InChI is InChI=1S/C27H28B3N7O5S/c1-13-11-37(12-14(2)42-13)26(40)19-10-31-25(43-19)16-5-4-6-17(22(16)41-3)32-18-9-20(33-23(38)15-7-8-15)35-36-21(18)24(39)34-27(28,29)30/h4-6,9-10,13-15H,7-8,11-12H2,1-3H3,(H,34,39)(H2,32,33,35,38)/t13-,14+. The van der Waals surface area contributed by atoms with Gasteiger partial charge >= 0.3 is 0 Å². The maximum Gasteiger partial charge on any atom is 0.272 e. The molecule has 1 aliphatic heterocycles. The largest absolute Gasteiger partial charge is 0.494 e. The van der Waals surface area contributed by atoms with E-state index in [9.17, 15) is 14.4 Å². The molecule has 216 valence electrons. The third-order valence-electron chi connectivity index (χ3n) is 6.68. The van der Waals surface area contributed by atoms with Crippen molar-refractivity contribution in [3.63, 3.8) is 0 Å². The number of benzene rings is 1. The lowest BCUT2D eigenvalue weighted by atomic mass is 9.49. The van der Waals surface area contributed by atoms with E-state index in [2.05, 4.69) is 31.1 Å². The lowest BCUT2D eigenvalue weighted by Crippen LogP contribution is -2.50. The first-order chi connectivity index (χ1) is 20.4. The van der Waals surface area contributed by atoms with Gasteiger partial charge in [-0.15, -0.1) is 21.5 Å². The average molecular weight is 595 g/mol. The number of carbonyl (C=O) groups is 3. The van der Waals surface area contributed by atoms with Crippen molar-refractivity contribution in [2.45, 2.75) is 44.1 Å². The quantitative estimate of drug-likeness (QED) is 0.315. The van der Waals surface area contributed by atoms with Crippen LogP contribution in [0.15, 0.2) is 30.5 Å². The van der Waals surface area contributed by atoms with Crippen LogP contribution in [0.5, 0.6) is 5.75 Å². The van der Waals surface area contributed by atoms with Crippen LogP contribution in [0, 0.1) is 5.92 Å². The Bertz CT molecular complexity index is 1540. The van der Waals surface area contributed by atoms with Gasteiger partial charge in [-0.05, 0) is 38.8 Å². The summed E-state index contributed by atoms with van der Waals surface area (Å²) in [5.41, 5.74) is 1.04. The SMILES string of the molecule is [B]C([B])([B])NC(=O)c1nnc(NC(=O)C2CC2)cc1Nc1cccc(-c2ncc(C(=O)N3C[C@@H](C)O[C@@H](C)C3)s2)c1OC. The van der Waals surface area contributed by atoms with E-state index in [1.54, 1.807) is 29.3 Å². The van der Waals surface area contributed by atoms with E-state index >= 15 is 0 Å². The predicted octanol–water partition coefficient (Wildman–Crippen LogP) is 1.80. The highest BCUT2D eigenvalue weighted by Crippen LogP contribution is 2.40. The van der Waals surface area contributed by atoms with Crippen LogP contribution in [-0.4, -0.2) is 99.0 Å². The van der Waals surface area contributed by atoms with Crippen LogP contribution >= 0.6 is 11.3 Å². The zero-order chi connectivity index (χ0) is 30.9. The molecule has 0 unspecified atom stereocenters. The van der Waals surface area contributed by atoms with Gasteiger partial charge < -0.3 is 30.3 Å². The summed E-state index contributed by atoms with van der Waals surface area (Å²) in [6.45, 7) is 4.87. The number of aromatic nitrogens is 3. The first-order valence-corrected chi connectivity index (χ1v) is 14.5. The van der Waals surface area contributed by atoms with Gasteiger partial charge in [-0.25, -0.2) is 4.98 Å². The van der Waals surface area contributed by atoms with Crippen LogP contribution in [0.2, 0.25) is 0 Å². The first kappa shape index (κ1) is 30.5. The van der Waals surface area contributed by atoms with Crippen molar-refractivity contribution in [1.82, 2.24) is 25.4 Å². The molecule has 2 fully saturated rings. The molecule has 16 heteroatoms. The van der Waals surface area contributed by atoms with E-state index in [0.717, 1.165) is 12.8 Å². The molecule has 2 aromatic heterocycles. The number of carbonyl (C=O) groups excluding carboxylic acids is 3. The van der Waals surface area contributed by atoms with Crippen LogP contribution in [0.25, 0.3) is 10.6 Å². The molecular weight excluding hydrogens is 567 g/mol. The number of morpholine rings is 1. The summed E-state index contributed by atoms with van der Waals surface area (Å²) in [5, 5.41) is 14.6. The number of thiazole rings is 1. The maximum absolute atomic E-state index is 13.2. The van der Waals surface area contributed by atoms with Gasteiger partial charge in [-0.3, -0.25) is 14.4 Å². The van der Waals surface area contributed by atoms with Crippen LogP contribution in [0.3, 0.4) is 0 Å². The number of nitrogens with one attached hydrogen (secondary N) is 3. The molecule has 3 N–H and O–H groups in total. The Morgan fingerprint density at radius 3 is 2.47 bits per heavy atom. The lowest BCUT2D eigenvalue weighted by Gasteiger charge is -2.35. The highest BCUT2D eigenvalue weighted by molar-refractivity contribution is 7.17. The Hall–Kier alpha value is -3.91. The number of ether oxygens (including phenoxy) is 2. The number of hydrogen-bond acceptors (Lipinski definition) is 10. The molecule has 2 atom stereocenters. The fraction of sp³-hybridized carbons (Fsp3) is 0.407. The fourth-order valence-corrected chi connectivity index (χ4v) is 5.62. The molecule has 5 rings (SSSR count). The van der Waals surface area contributed by atoms with Crippen molar-refractivity contribution in [1.29, 1.82) is 0 Å². The molecular formula is C27H28B3N7O5S. The van der Waals surface area contributed by atoms with E-state index in [0.29, 0.717) is 40.0 Å². The molecule has 1 saturated carbocycles. The monoisotopic (exact) mass is 595 g/mol. The Labute approximate surface area is 256 Å². The topological polar surface area (TPSA) is 148 Å². The smallest absolute Gasteiger partial charge is 0.272 e. The van der Waals surface area contributed by atoms with Gasteiger partial charge in [-0.1, -0.05) is 11.3 Å². The summed E-state index contributed by atoms with van der Waals surface area (Å²) in [4.78, 5) is 45.3. The third-order valence-corrected chi connectivity index (χ3v) is 7.70. The molecule has 2 aliphatic rings. The van der Waals surface area contributed by atoms with Crippen molar-refractivity contribution >= 4 is 69.8 Å². The molecule has 0 bridgehead atoms. The molecule has 6 radical (unpaired) electrons.